The molecule has 0 bridgehead atoms. The minimum atomic E-state index is -4.67. The summed E-state index contributed by atoms with van der Waals surface area (Å²) >= 11 is 0. The molecule has 1 heterocycles. The molecular formula is C26H30O13S2. The Bertz CT molecular complexity index is 1470. The number of hydrogen-bond acceptors (Lipinski definition) is 13. The van der Waals surface area contributed by atoms with Gasteiger partial charge in [-0.25, -0.2) is 4.18 Å². The zero-order chi connectivity index (χ0) is 30.5. The summed E-state index contributed by atoms with van der Waals surface area (Å²) in [5.41, 5.74) is 1.50. The highest BCUT2D eigenvalue weighted by atomic mass is 32.2. The Labute approximate surface area is 237 Å². The summed E-state index contributed by atoms with van der Waals surface area (Å²) in [7, 11) is -9.31. The maximum absolute atomic E-state index is 13.3. The first-order valence-electron chi connectivity index (χ1n) is 12.2. The van der Waals surface area contributed by atoms with E-state index in [1.165, 1.54) is 48.5 Å². The fourth-order valence-corrected chi connectivity index (χ4v) is 5.90. The van der Waals surface area contributed by atoms with Crippen LogP contribution in [0.25, 0.3) is 0 Å². The Hall–Kier alpha value is -3.37. The van der Waals surface area contributed by atoms with Crippen LogP contribution in [0, 0.1) is 13.8 Å². The molecule has 2 aromatic rings. The molecule has 0 N–H and O–H groups in total. The maximum atomic E-state index is 13.3. The van der Waals surface area contributed by atoms with Gasteiger partial charge >= 0.3 is 17.9 Å². The lowest BCUT2D eigenvalue weighted by molar-refractivity contribution is -0.278. The summed E-state index contributed by atoms with van der Waals surface area (Å²) < 4.78 is 85.0. The summed E-state index contributed by atoms with van der Waals surface area (Å²) in [4.78, 5) is 35.0. The fraction of sp³-hybridized carbons (Fsp3) is 0.423. The number of esters is 3. The van der Waals surface area contributed by atoms with Crippen LogP contribution >= 0.6 is 0 Å². The molecule has 1 fully saturated rings. The molecule has 0 amide bonds. The second-order valence-corrected chi connectivity index (χ2v) is 12.3. The van der Waals surface area contributed by atoms with Crippen molar-refractivity contribution >= 4 is 38.1 Å². The maximum Gasteiger partial charge on any atom is 0.303 e. The molecule has 1 aliphatic heterocycles. The predicted octanol–water partition coefficient (Wildman–Crippen LogP) is 1.93. The average molecular weight is 615 g/mol. The highest BCUT2D eigenvalue weighted by Crippen LogP contribution is 2.33. The Kier molecular flexibility index (Phi) is 10.3. The molecule has 15 heteroatoms. The highest BCUT2D eigenvalue weighted by molar-refractivity contribution is 7.87. The van der Waals surface area contributed by atoms with Crippen LogP contribution in [0.4, 0.5) is 0 Å². The molecule has 5 atom stereocenters. The molecule has 1 saturated heterocycles. The number of carbonyl (C=O) groups excluding carboxylic acids is 3. The van der Waals surface area contributed by atoms with Gasteiger partial charge in [0.15, 0.2) is 18.3 Å². The lowest BCUT2D eigenvalue weighted by Gasteiger charge is -2.43. The topological polar surface area (TPSA) is 175 Å². The standard InChI is InChI=1S/C26H30O13S2/c1-15-6-10-20(11-7-15)40(30,31)38-25-24(36-19(5)29)23(35-18(4)28)22(14-34-17(3)27)37-26(25)39-41(32,33)21-12-8-16(2)9-13-21/h6-13,22-26H,14H2,1-5H3/t22-,23-,24+,25-,26-/m1/s1. The van der Waals surface area contributed by atoms with E-state index in [0.29, 0.717) is 0 Å². The molecule has 0 radical (unpaired) electrons. The minimum absolute atomic E-state index is 0.297. The molecule has 13 nitrogen and oxygen atoms in total. The second-order valence-electron chi connectivity index (χ2n) is 9.19. The third-order valence-electron chi connectivity index (χ3n) is 5.72. The van der Waals surface area contributed by atoms with E-state index in [1.807, 2.05) is 0 Å². The van der Waals surface area contributed by atoms with Gasteiger partial charge in [0, 0.05) is 20.8 Å². The van der Waals surface area contributed by atoms with Crippen molar-refractivity contribution in [3.8, 4) is 0 Å². The van der Waals surface area contributed by atoms with Gasteiger partial charge in [-0.05, 0) is 38.1 Å². The average Bonchev–Trinajstić information content (AvgIpc) is 2.86. The van der Waals surface area contributed by atoms with Crippen LogP contribution < -0.4 is 0 Å². The van der Waals surface area contributed by atoms with Gasteiger partial charge in [-0.1, -0.05) is 35.4 Å². The van der Waals surface area contributed by atoms with Gasteiger partial charge in [-0.15, -0.1) is 0 Å². The van der Waals surface area contributed by atoms with Crippen LogP contribution in [0.15, 0.2) is 58.3 Å². The van der Waals surface area contributed by atoms with Crippen molar-refractivity contribution < 1.29 is 58.5 Å². The number of hydrogen-bond donors (Lipinski definition) is 0. The number of aryl methyl sites for hydroxylation is 2. The minimum Gasteiger partial charge on any atom is -0.463 e. The summed E-state index contributed by atoms with van der Waals surface area (Å²) in [6.07, 6.45) is -8.95. The Morgan fingerprint density at radius 3 is 1.54 bits per heavy atom. The van der Waals surface area contributed by atoms with Crippen LogP contribution in [0.2, 0.25) is 0 Å². The summed E-state index contributed by atoms with van der Waals surface area (Å²) in [6, 6.07) is 11.0. The fourth-order valence-electron chi connectivity index (χ4n) is 3.84. The van der Waals surface area contributed by atoms with Crippen LogP contribution in [0.1, 0.15) is 31.9 Å². The van der Waals surface area contributed by atoms with Gasteiger partial charge in [0.2, 0.25) is 6.29 Å². The van der Waals surface area contributed by atoms with Gasteiger partial charge in [-0.2, -0.15) is 16.8 Å². The molecule has 0 saturated carbocycles. The summed E-state index contributed by atoms with van der Waals surface area (Å²) in [5.74, 6) is -2.61. The second kappa shape index (κ2) is 13.1. The number of ether oxygens (including phenoxy) is 4. The van der Waals surface area contributed by atoms with E-state index in [4.69, 9.17) is 27.3 Å². The molecule has 0 aliphatic carbocycles. The van der Waals surface area contributed by atoms with Crippen LogP contribution in [0.5, 0.6) is 0 Å². The summed E-state index contributed by atoms with van der Waals surface area (Å²) in [5, 5.41) is 0. The first-order chi connectivity index (χ1) is 19.1. The zero-order valence-electron chi connectivity index (χ0n) is 22.8. The van der Waals surface area contributed by atoms with Crippen LogP contribution in [-0.2, 0) is 61.9 Å². The van der Waals surface area contributed by atoms with Crippen LogP contribution in [-0.4, -0.2) is 72.1 Å². The van der Waals surface area contributed by atoms with E-state index in [0.717, 1.165) is 31.9 Å². The van der Waals surface area contributed by atoms with E-state index >= 15 is 0 Å². The predicted molar refractivity (Wildman–Crippen MR) is 139 cm³/mol. The third kappa shape index (κ3) is 8.56. The Morgan fingerprint density at radius 1 is 0.659 bits per heavy atom. The molecule has 3 rings (SSSR count). The number of rotatable bonds is 10. The van der Waals surface area contributed by atoms with Gasteiger partial charge in [0.05, 0.1) is 9.79 Å². The van der Waals surface area contributed by atoms with Crippen LogP contribution in [0.3, 0.4) is 0 Å². The first-order valence-corrected chi connectivity index (χ1v) is 15.0. The monoisotopic (exact) mass is 614 g/mol. The number of carbonyl (C=O) groups is 3. The van der Waals surface area contributed by atoms with Gasteiger partial charge in [-0.3, -0.25) is 18.6 Å². The largest absolute Gasteiger partial charge is 0.463 e. The van der Waals surface area contributed by atoms with E-state index in [9.17, 15) is 31.2 Å². The normalized spacial score (nSPS) is 22.9. The lowest BCUT2D eigenvalue weighted by Crippen LogP contribution is -2.63. The lowest BCUT2D eigenvalue weighted by atomic mass is 9.98. The quantitative estimate of drug-likeness (QED) is 0.216. The van der Waals surface area contributed by atoms with E-state index in [2.05, 4.69) is 0 Å². The molecule has 41 heavy (non-hydrogen) atoms. The van der Waals surface area contributed by atoms with Gasteiger partial charge in [0.25, 0.3) is 20.2 Å². The Morgan fingerprint density at radius 2 is 1.10 bits per heavy atom. The molecule has 1 aliphatic rings. The van der Waals surface area contributed by atoms with Crippen molar-refractivity contribution in [2.24, 2.45) is 0 Å². The summed E-state index contributed by atoms with van der Waals surface area (Å²) in [6.45, 7) is 5.97. The van der Waals surface area contributed by atoms with Gasteiger partial charge < -0.3 is 18.9 Å². The molecule has 0 aromatic heterocycles. The molecular weight excluding hydrogens is 584 g/mol. The highest BCUT2D eigenvalue weighted by Gasteiger charge is 2.54. The van der Waals surface area contributed by atoms with E-state index in [1.54, 1.807) is 13.8 Å². The van der Waals surface area contributed by atoms with Crippen molar-refractivity contribution in [2.45, 2.75) is 75.1 Å². The van der Waals surface area contributed by atoms with Gasteiger partial charge in [0.1, 0.15) is 12.7 Å². The smallest absolute Gasteiger partial charge is 0.303 e. The molecule has 0 spiro atoms. The Balaban J connectivity index is 2.12. The van der Waals surface area contributed by atoms with Crippen molar-refractivity contribution in [3.63, 3.8) is 0 Å². The number of benzene rings is 2. The first kappa shape index (κ1) is 32.1. The van der Waals surface area contributed by atoms with Crippen molar-refractivity contribution in [2.75, 3.05) is 6.61 Å². The van der Waals surface area contributed by atoms with Crippen molar-refractivity contribution in [1.82, 2.24) is 0 Å². The van der Waals surface area contributed by atoms with E-state index in [-0.39, 0.29) is 9.79 Å². The molecule has 224 valence electrons. The third-order valence-corrected chi connectivity index (χ3v) is 8.34. The zero-order valence-corrected chi connectivity index (χ0v) is 24.5. The van der Waals surface area contributed by atoms with Crippen molar-refractivity contribution in [3.05, 3.63) is 59.7 Å². The molecule has 2 aromatic carbocycles. The van der Waals surface area contributed by atoms with E-state index < -0.39 is 75.5 Å². The SMILES string of the molecule is CC(=O)OC[C@H]1O[C@H](OS(=O)(=O)c2ccc(C)cc2)[C@H](OS(=O)(=O)c2ccc(C)cc2)[C@@H](OC(C)=O)[C@@H]1OC(C)=O. The molecule has 0 unspecified atom stereocenters. The van der Waals surface area contributed by atoms with Crippen molar-refractivity contribution in [1.29, 1.82) is 0 Å².